The molecule has 6 heteroatoms. The first-order chi connectivity index (χ1) is 9.93. The Morgan fingerprint density at radius 3 is 2.38 bits per heavy atom. The normalized spacial score (nSPS) is 11.9. The number of fused-ring (bicyclic) bond motifs is 1. The van der Waals surface area contributed by atoms with E-state index in [1.54, 1.807) is 14.2 Å². The second-order valence-corrected chi connectivity index (χ2v) is 11.9. The average molecular weight is 308 g/mol. The summed E-state index contributed by atoms with van der Waals surface area (Å²) in [6.07, 6.45) is 1.96. The first-order valence-corrected chi connectivity index (χ1v) is 10.8. The molecule has 0 saturated heterocycles. The van der Waals surface area contributed by atoms with Crippen molar-refractivity contribution in [3.05, 3.63) is 18.3 Å². The molecule has 2 rings (SSSR count). The SMILES string of the molecule is COc1cc2cn(COCC[Si](C)(C)C)nc2cc1OC. The van der Waals surface area contributed by atoms with Crippen LogP contribution in [0.3, 0.4) is 0 Å². The largest absolute Gasteiger partial charge is 0.493 e. The molecule has 1 aromatic heterocycles. The van der Waals surface area contributed by atoms with Crippen LogP contribution in [0.1, 0.15) is 0 Å². The van der Waals surface area contributed by atoms with Crippen molar-refractivity contribution in [2.24, 2.45) is 0 Å². The Bertz CT molecular complexity index is 564. The van der Waals surface area contributed by atoms with Gasteiger partial charge >= 0.3 is 0 Å². The van der Waals surface area contributed by atoms with E-state index >= 15 is 0 Å². The van der Waals surface area contributed by atoms with Gasteiger partial charge in [-0.1, -0.05) is 19.6 Å². The summed E-state index contributed by atoms with van der Waals surface area (Å²) in [5, 5.41) is 5.51. The standard InChI is InChI=1S/C15H24N2O3Si/c1-18-14-8-12-10-17(11-20-6-7-21(3,4)5)16-13(12)9-15(14)19-2/h8-10H,6-7,11H2,1-5H3. The van der Waals surface area contributed by atoms with Gasteiger partial charge in [-0.15, -0.1) is 0 Å². The molecule has 0 fully saturated rings. The fourth-order valence-corrected chi connectivity index (χ4v) is 2.76. The first kappa shape index (κ1) is 15.8. The van der Waals surface area contributed by atoms with Crippen LogP contribution >= 0.6 is 0 Å². The molecule has 5 nitrogen and oxygen atoms in total. The highest BCUT2D eigenvalue weighted by Crippen LogP contribution is 2.31. The van der Waals surface area contributed by atoms with Gasteiger partial charge in [0.1, 0.15) is 6.73 Å². The highest BCUT2D eigenvalue weighted by molar-refractivity contribution is 6.76. The van der Waals surface area contributed by atoms with E-state index in [0.717, 1.165) is 23.6 Å². The minimum absolute atomic E-state index is 0.476. The molecule has 2 aromatic rings. The molecule has 0 aliphatic carbocycles. The maximum atomic E-state index is 5.71. The third kappa shape index (κ3) is 4.22. The average Bonchev–Trinajstić information content (AvgIpc) is 2.82. The van der Waals surface area contributed by atoms with Crippen molar-refractivity contribution in [1.82, 2.24) is 9.78 Å². The molecule has 1 aromatic carbocycles. The van der Waals surface area contributed by atoms with Gasteiger partial charge in [-0.25, -0.2) is 4.68 Å². The van der Waals surface area contributed by atoms with E-state index in [1.807, 2.05) is 23.0 Å². The predicted octanol–water partition coefficient (Wildman–Crippen LogP) is 3.37. The Labute approximate surface area is 126 Å². The summed E-state index contributed by atoms with van der Waals surface area (Å²) < 4.78 is 18.1. The van der Waals surface area contributed by atoms with Crippen LogP contribution in [-0.4, -0.2) is 38.7 Å². The van der Waals surface area contributed by atoms with Crippen molar-refractivity contribution >= 4 is 19.0 Å². The van der Waals surface area contributed by atoms with Crippen molar-refractivity contribution < 1.29 is 14.2 Å². The van der Waals surface area contributed by atoms with Gasteiger partial charge in [0.2, 0.25) is 0 Å². The van der Waals surface area contributed by atoms with Crippen molar-refractivity contribution in [2.45, 2.75) is 32.4 Å². The summed E-state index contributed by atoms with van der Waals surface area (Å²) in [5.74, 6) is 1.40. The Morgan fingerprint density at radius 2 is 1.76 bits per heavy atom. The minimum Gasteiger partial charge on any atom is -0.493 e. The molecule has 0 amide bonds. The lowest BCUT2D eigenvalue weighted by Crippen LogP contribution is -2.22. The highest BCUT2D eigenvalue weighted by Gasteiger charge is 2.12. The molecule has 0 radical (unpaired) electrons. The molecule has 116 valence electrons. The van der Waals surface area contributed by atoms with Crippen LogP contribution in [0, 0.1) is 0 Å². The smallest absolute Gasteiger partial charge is 0.162 e. The molecule has 0 N–H and O–H groups in total. The summed E-state index contributed by atoms with van der Waals surface area (Å²) in [4.78, 5) is 0. The summed E-state index contributed by atoms with van der Waals surface area (Å²) in [6.45, 7) is 8.30. The second-order valence-electron chi connectivity index (χ2n) is 6.28. The lowest BCUT2D eigenvalue weighted by Gasteiger charge is -2.15. The molecule has 0 aliphatic heterocycles. The minimum atomic E-state index is -1.04. The molecule has 0 aliphatic rings. The lowest BCUT2D eigenvalue weighted by molar-refractivity contribution is 0.0791. The van der Waals surface area contributed by atoms with E-state index < -0.39 is 8.07 Å². The maximum Gasteiger partial charge on any atom is 0.162 e. The first-order valence-electron chi connectivity index (χ1n) is 7.10. The third-order valence-electron chi connectivity index (χ3n) is 3.28. The van der Waals surface area contributed by atoms with Gasteiger partial charge in [0.25, 0.3) is 0 Å². The van der Waals surface area contributed by atoms with Crippen LogP contribution in [0.4, 0.5) is 0 Å². The van der Waals surface area contributed by atoms with E-state index in [1.165, 1.54) is 0 Å². The topological polar surface area (TPSA) is 45.5 Å². The van der Waals surface area contributed by atoms with E-state index in [-0.39, 0.29) is 0 Å². The fraction of sp³-hybridized carbons (Fsp3) is 0.533. The van der Waals surface area contributed by atoms with Gasteiger partial charge in [-0.05, 0) is 12.1 Å². The van der Waals surface area contributed by atoms with Crippen molar-refractivity contribution in [2.75, 3.05) is 20.8 Å². The second kappa shape index (κ2) is 6.49. The maximum absolute atomic E-state index is 5.71. The Morgan fingerprint density at radius 1 is 1.10 bits per heavy atom. The van der Waals surface area contributed by atoms with Crippen molar-refractivity contribution in [3.63, 3.8) is 0 Å². The van der Waals surface area contributed by atoms with Gasteiger partial charge < -0.3 is 14.2 Å². The number of hydrogen-bond acceptors (Lipinski definition) is 4. The summed E-state index contributed by atoms with van der Waals surface area (Å²) >= 11 is 0. The zero-order valence-corrected chi connectivity index (χ0v) is 14.5. The van der Waals surface area contributed by atoms with E-state index in [2.05, 4.69) is 24.7 Å². The van der Waals surface area contributed by atoms with Crippen LogP contribution in [0.5, 0.6) is 11.5 Å². The molecule has 1 heterocycles. The third-order valence-corrected chi connectivity index (χ3v) is 4.98. The van der Waals surface area contributed by atoms with Gasteiger partial charge in [0.05, 0.1) is 19.7 Å². The lowest BCUT2D eigenvalue weighted by atomic mass is 10.2. The van der Waals surface area contributed by atoms with Gasteiger partial charge in [-0.3, -0.25) is 0 Å². The zero-order chi connectivity index (χ0) is 15.5. The van der Waals surface area contributed by atoms with E-state index in [9.17, 15) is 0 Å². The van der Waals surface area contributed by atoms with Gasteiger partial charge in [-0.2, -0.15) is 5.10 Å². The zero-order valence-electron chi connectivity index (χ0n) is 13.5. The van der Waals surface area contributed by atoms with Crippen LogP contribution in [0.2, 0.25) is 25.7 Å². The van der Waals surface area contributed by atoms with Gasteiger partial charge in [0.15, 0.2) is 11.5 Å². The molecule has 0 atom stereocenters. The van der Waals surface area contributed by atoms with Crippen LogP contribution < -0.4 is 9.47 Å². The Kier molecular flexibility index (Phi) is 4.90. The highest BCUT2D eigenvalue weighted by atomic mass is 28.3. The molecule has 0 bridgehead atoms. The number of benzene rings is 1. The Balaban J connectivity index is 2.05. The molecule has 0 spiro atoms. The number of methoxy groups -OCH3 is 2. The van der Waals surface area contributed by atoms with Crippen molar-refractivity contribution in [3.8, 4) is 11.5 Å². The molecule has 0 saturated carbocycles. The number of nitrogens with zero attached hydrogens (tertiary/aromatic N) is 2. The number of aromatic nitrogens is 2. The van der Waals surface area contributed by atoms with E-state index in [4.69, 9.17) is 14.2 Å². The Hall–Kier alpha value is -1.53. The fourth-order valence-electron chi connectivity index (χ4n) is 2.00. The summed E-state index contributed by atoms with van der Waals surface area (Å²) in [5.41, 5.74) is 0.876. The summed E-state index contributed by atoms with van der Waals surface area (Å²) in [6, 6.07) is 4.97. The monoisotopic (exact) mass is 308 g/mol. The molecule has 0 unspecified atom stereocenters. The van der Waals surface area contributed by atoms with Crippen molar-refractivity contribution in [1.29, 1.82) is 0 Å². The van der Waals surface area contributed by atoms with E-state index in [0.29, 0.717) is 18.2 Å². The molecule has 21 heavy (non-hydrogen) atoms. The molecular weight excluding hydrogens is 284 g/mol. The number of hydrogen-bond donors (Lipinski definition) is 0. The van der Waals surface area contributed by atoms with Crippen LogP contribution in [-0.2, 0) is 11.5 Å². The summed E-state index contributed by atoms with van der Waals surface area (Å²) in [7, 11) is 2.22. The number of ether oxygens (including phenoxy) is 3. The van der Waals surface area contributed by atoms with Crippen LogP contribution in [0.15, 0.2) is 18.3 Å². The van der Waals surface area contributed by atoms with Gasteiger partial charge in [0, 0.05) is 32.3 Å². The number of rotatable bonds is 7. The van der Waals surface area contributed by atoms with Crippen LogP contribution in [0.25, 0.3) is 10.9 Å². The quantitative estimate of drug-likeness (QED) is 0.581. The molecular formula is C15H24N2O3Si. The predicted molar refractivity (Wildman–Crippen MR) is 86.9 cm³/mol.